The fraction of sp³-hybridized carbons (Fsp3) is 0.625. The maximum Gasteiger partial charge on any atom is 0.311 e. The Kier molecular flexibility index (Phi) is 5.58. The van der Waals surface area contributed by atoms with E-state index in [0.717, 1.165) is 0 Å². The number of piperidine rings is 1. The summed E-state index contributed by atoms with van der Waals surface area (Å²) in [5.74, 6) is -1.25. The molecule has 1 aliphatic rings. The number of hydrogen-bond donors (Lipinski definition) is 2. The number of rotatable bonds is 5. The number of hydrogen-bond acceptors (Lipinski definition) is 5. The molecule has 2 heterocycles. The molecule has 8 heteroatoms. The van der Waals surface area contributed by atoms with Crippen molar-refractivity contribution in [1.29, 1.82) is 0 Å². The van der Waals surface area contributed by atoms with E-state index in [4.69, 9.17) is 0 Å². The Morgan fingerprint density at radius 2 is 2.17 bits per heavy atom. The monoisotopic (exact) mass is 353 g/mol. The molecule has 1 aliphatic heterocycles. The number of amides is 2. The lowest BCUT2D eigenvalue weighted by Crippen LogP contribution is -2.48. The van der Waals surface area contributed by atoms with E-state index in [2.05, 4.69) is 10.3 Å². The standard InChI is InChI=1S/C16H23N3O4S/c1-10(2)13(21)18-15-17-11(8-24-15)7-12(20)19-6-4-5-16(3,9-19)14(22)23/h8,10H,4-7,9H2,1-3H3,(H,22,23)(H,17,18,21). The number of carbonyl (C=O) groups is 3. The second-order valence-corrected chi connectivity index (χ2v) is 7.61. The van der Waals surface area contributed by atoms with Gasteiger partial charge in [-0.3, -0.25) is 14.4 Å². The summed E-state index contributed by atoms with van der Waals surface area (Å²) in [7, 11) is 0. The molecule has 0 saturated carbocycles. The zero-order valence-electron chi connectivity index (χ0n) is 14.2. The summed E-state index contributed by atoms with van der Waals surface area (Å²) in [5.41, 5.74) is -0.293. The third-order valence-electron chi connectivity index (χ3n) is 4.20. The summed E-state index contributed by atoms with van der Waals surface area (Å²) in [5, 5.41) is 14.3. The van der Waals surface area contributed by atoms with Crippen molar-refractivity contribution < 1.29 is 19.5 Å². The van der Waals surface area contributed by atoms with Gasteiger partial charge in [0.2, 0.25) is 11.8 Å². The van der Waals surface area contributed by atoms with Gasteiger partial charge in [-0.15, -0.1) is 11.3 Å². The van der Waals surface area contributed by atoms with Gasteiger partial charge in [0.25, 0.3) is 0 Å². The van der Waals surface area contributed by atoms with Crippen molar-refractivity contribution in [3.63, 3.8) is 0 Å². The summed E-state index contributed by atoms with van der Waals surface area (Å²) < 4.78 is 0. The lowest BCUT2D eigenvalue weighted by atomic mass is 9.82. The highest BCUT2D eigenvalue weighted by atomic mass is 32.1. The Morgan fingerprint density at radius 1 is 1.46 bits per heavy atom. The minimum Gasteiger partial charge on any atom is -0.481 e. The third-order valence-corrected chi connectivity index (χ3v) is 5.01. The molecule has 2 amide bonds. The molecular formula is C16H23N3O4S. The first-order chi connectivity index (χ1) is 11.2. The van der Waals surface area contributed by atoms with E-state index < -0.39 is 11.4 Å². The number of anilines is 1. The van der Waals surface area contributed by atoms with Crippen LogP contribution in [0.5, 0.6) is 0 Å². The Labute approximate surface area is 145 Å². The van der Waals surface area contributed by atoms with Crippen LogP contribution in [0.2, 0.25) is 0 Å². The first kappa shape index (κ1) is 18.4. The Morgan fingerprint density at radius 3 is 2.79 bits per heavy atom. The zero-order chi connectivity index (χ0) is 17.9. The molecule has 1 aromatic heterocycles. The van der Waals surface area contributed by atoms with Crippen molar-refractivity contribution in [2.24, 2.45) is 11.3 Å². The van der Waals surface area contributed by atoms with Gasteiger partial charge in [-0.25, -0.2) is 4.98 Å². The fourth-order valence-corrected chi connectivity index (χ4v) is 3.30. The van der Waals surface area contributed by atoms with Gasteiger partial charge in [-0.05, 0) is 19.8 Å². The van der Waals surface area contributed by atoms with E-state index >= 15 is 0 Å². The quantitative estimate of drug-likeness (QED) is 0.843. The predicted molar refractivity (Wildman–Crippen MR) is 90.8 cm³/mol. The number of carbonyl (C=O) groups excluding carboxylic acids is 2. The number of nitrogens with one attached hydrogen (secondary N) is 1. The average Bonchev–Trinajstić information content (AvgIpc) is 2.94. The molecule has 0 radical (unpaired) electrons. The molecule has 132 valence electrons. The summed E-state index contributed by atoms with van der Waals surface area (Å²) in [6, 6.07) is 0. The molecule has 2 N–H and O–H groups in total. The van der Waals surface area contributed by atoms with Crippen molar-refractivity contribution in [3.8, 4) is 0 Å². The topological polar surface area (TPSA) is 99.6 Å². The van der Waals surface area contributed by atoms with Crippen LogP contribution in [0.4, 0.5) is 5.13 Å². The molecule has 1 unspecified atom stereocenters. The van der Waals surface area contributed by atoms with Crippen LogP contribution in [0.25, 0.3) is 0 Å². The molecule has 0 spiro atoms. The first-order valence-corrected chi connectivity index (χ1v) is 8.85. The molecule has 1 fully saturated rings. The number of aliphatic carboxylic acids is 1. The molecule has 0 aromatic carbocycles. The Hall–Kier alpha value is -1.96. The number of carboxylic acid groups (broad SMARTS) is 1. The molecular weight excluding hydrogens is 330 g/mol. The van der Waals surface area contributed by atoms with Crippen LogP contribution in [0.1, 0.15) is 39.3 Å². The van der Waals surface area contributed by atoms with Gasteiger partial charge in [0.15, 0.2) is 5.13 Å². The molecule has 2 rings (SSSR count). The van der Waals surface area contributed by atoms with Gasteiger partial charge < -0.3 is 15.3 Å². The van der Waals surface area contributed by atoms with Crippen LogP contribution in [0, 0.1) is 11.3 Å². The van der Waals surface area contributed by atoms with Crippen molar-refractivity contribution in [2.75, 3.05) is 18.4 Å². The van der Waals surface area contributed by atoms with E-state index in [9.17, 15) is 19.5 Å². The predicted octanol–water partition coefficient (Wildman–Crippen LogP) is 1.99. The largest absolute Gasteiger partial charge is 0.481 e. The van der Waals surface area contributed by atoms with Gasteiger partial charge >= 0.3 is 5.97 Å². The molecule has 1 atom stereocenters. The van der Waals surface area contributed by atoms with Gasteiger partial charge in [0.05, 0.1) is 17.5 Å². The van der Waals surface area contributed by atoms with E-state index in [-0.39, 0.29) is 30.7 Å². The molecule has 1 saturated heterocycles. The lowest BCUT2D eigenvalue weighted by Gasteiger charge is -2.37. The molecule has 0 bridgehead atoms. The van der Waals surface area contributed by atoms with E-state index in [1.54, 1.807) is 31.1 Å². The third kappa shape index (κ3) is 4.31. The second kappa shape index (κ2) is 7.29. The lowest BCUT2D eigenvalue weighted by molar-refractivity contribution is -0.153. The van der Waals surface area contributed by atoms with Crippen molar-refractivity contribution in [1.82, 2.24) is 9.88 Å². The van der Waals surface area contributed by atoms with Crippen molar-refractivity contribution in [2.45, 2.75) is 40.0 Å². The molecule has 24 heavy (non-hydrogen) atoms. The number of aromatic nitrogens is 1. The number of carboxylic acids is 1. The second-order valence-electron chi connectivity index (χ2n) is 6.75. The summed E-state index contributed by atoms with van der Waals surface area (Å²) in [6.07, 6.45) is 1.37. The van der Waals surface area contributed by atoms with Gasteiger partial charge in [0.1, 0.15) is 0 Å². The van der Waals surface area contributed by atoms with Crippen LogP contribution in [0.3, 0.4) is 0 Å². The smallest absolute Gasteiger partial charge is 0.311 e. The van der Waals surface area contributed by atoms with E-state index in [0.29, 0.717) is 30.2 Å². The molecule has 0 aliphatic carbocycles. The molecule has 1 aromatic rings. The van der Waals surface area contributed by atoms with Crippen molar-refractivity contribution >= 4 is 34.3 Å². The van der Waals surface area contributed by atoms with Crippen LogP contribution < -0.4 is 5.32 Å². The van der Waals surface area contributed by atoms with E-state index in [1.807, 2.05) is 0 Å². The number of likely N-dealkylation sites (tertiary alicyclic amines) is 1. The highest BCUT2D eigenvalue weighted by molar-refractivity contribution is 7.13. The minimum absolute atomic E-state index is 0.115. The Bertz CT molecular complexity index is 643. The Balaban J connectivity index is 1.96. The summed E-state index contributed by atoms with van der Waals surface area (Å²) >= 11 is 1.28. The van der Waals surface area contributed by atoms with Crippen LogP contribution in [-0.4, -0.2) is 45.9 Å². The summed E-state index contributed by atoms with van der Waals surface area (Å²) in [6.45, 7) is 6.06. The maximum absolute atomic E-state index is 12.4. The maximum atomic E-state index is 12.4. The number of nitrogens with zero attached hydrogens (tertiary/aromatic N) is 2. The normalized spacial score (nSPS) is 20.9. The zero-order valence-corrected chi connectivity index (χ0v) is 15.0. The minimum atomic E-state index is -0.883. The highest BCUT2D eigenvalue weighted by Crippen LogP contribution is 2.30. The average molecular weight is 353 g/mol. The van der Waals surface area contributed by atoms with Crippen LogP contribution in [0.15, 0.2) is 5.38 Å². The van der Waals surface area contributed by atoms with Gasteiger partial charge in [-0.2, -0.15) is 0 Å². The highest BCUT2D eigenvalue weighted by Gasteiger charge is 2.39. The fourth-order valence-electron chi connectivity index (χ4n) is 2.59. The van der Waals surface area contributed by atoms with Crippen LogP contribution >= 0.6 is 11.3 Å². The van der Waals surface area contributed by atoms with E-state index in [1.165, 1.54) is 11.3 Å². The number of thiazole rings is 1. The van der Waals surface area contributed by atoms with Crippen molar-refractivity contribution in [3.05, 3.63) is 11.1 Å². The van der Waals surface area contributed by atoms with Crippen LogP contribution in [-0.2, 0) is 20.8 Å². The SMILES string of the molecule is CC(C)C(=O)Nc1nc(CC(=O)N2CCCC(C)(C(=O)O)C2)cs1. The first-order valence-electron chi connectivity index (χ1n) is 7.98. The van der Waals surface area contributed by atoms with Gasteiger partial charge in [0, 0.05) is 24.4 Å². The summed E-state index contributed by atoms with van der Waals surface area (Å²) in [4.78, 5) is 41.3. The van der Waals surface area contributed by atoms with Gasteiger partial charge in [-0.1, -0.05) is 13.8 Å². The molecule has 7 nitrogen and oxygen atoms in total.